The number of hydrogen-bond donors (Lipinski definition) is 2. The third-order valence-electron chi connectivity index (χ3n) is 0.454. The van der Waals surface area contributed by atoms with Crippen molar-refractivity contribution in [3.05, 3.63) is 0 Å². The quantitative estimate of drug-likeness (QED) is 0.328. The largest absolute Gasteiger partial charge is 0.482 e. The van der Waals surface area contributed by atoms with Gasteiger partial charge in [0.05, 0.1) is 6.61 Å². The molecule has 52 valence electrons. The molecule has 2 N–H and O–H groups in total. The van der Waals surface area contributed by atoms with Crippen molar-refractivity contribution in [2.24, 2.45) is 5.10 Å². The number of carboxylic acid groups (broad SMARTS) is 1. The maximum atomic E-state index is 9.68. The van der Waals surface area contributed by atoms with Crippen LogP contribution in [0, 0.1) is 0 Å². The summed E-state index contributed by atoms with van der Waals surface area (Å²) in [5, 5.41) is 11.1. The summed E-state index contributed by atoms with van der Waals surface area (Å²) < 4.78 is 4.57. The number of rotatable bonds is 3. The second-order valence-corrected chi connectivity index (χ2v) is 1.11. The number of hydrogen-bond acceptors (Lipinski definition) is 3. The van der Waals surface area contributed by atoms with Crippen LogP contribution in [-0.2, 0) is 4.74 Å². The summed E-state index contributed by atoms with van der Waals surface area (Å²) in [6.07, 6.45) is -0.167. The fraction of sp³-hybridized carbons (Fsp3) is 0.500. The van der Waals surface area contributed by atoms with Gasteiger partial charge in [0.2, 0.25) is 0 Å². The van der Waals surface area contributed by atoms with Crippen LogP contribution >= 0.6 is 0 Å². The molecule has 0 saturated heterocycles. The highest BCUT2D eigenvalue weighted by Gasteiger charge is 1.84. The number of hydrazone groups is 1. The minimum Gasteiger partial charge on any atom is -0.482 e. The maximum absolute atomic E-state index is 9.68. The van der Waals surface area contributed by atoms with E-state index in [-0.39, 0.29) is 0 Å². The molecule has 0 rings (SSSR count). The van der Waals surface area contributed by atoms with Crippen molar-refractivity contribution in [2.45, 2.75) is 6.92 Å². The molecule has 0 aliphatic carbocycles. The van der Waals surface area contributed by atoms with Gasteiger partial charge in [-0.05, 0) is 6.92 Å². The van der Waals surface area contributed by atoms with E-state index in [1.165, 1.54) is 0 Å². The highest BCUT2D eigenvalue weighted by molar-refractivity contribution is 5.65. The first-order valence-corrected chi connectivity index (χ1v) is 2.39. The zero-order valence-electron chi connectivity index (χ0n) is 5.00. The van der Waals surface area contributed by atoms with Crippen molar-refractivity contribution in [1.82, 2.24) is 5.43 Å². The van der Waals surface area contributed by atoms with Crippen molar-refractivity contribution in [3.8, 4) is 0 Å². The van der Waals surface area contributed by atoms with Gasteiger partial charge in [0.1, 0.15) is 0 Å². The van der Waals surface area contributed by atoms with Crippen LogP contribution in [0.4, 0.5) is 4.79 Å². The Morgan fingerprint density at radius 2 is 2.67 bits per heavy atom. The van der Waals surface area contributed by atoms with Gasteiger partial charge in [-0.25, -0.2) is 10.2 Å². The molecule has 5 heteroatoms. The Labute approximate surface area is 52.3 Å². The average Bonchev–Trinajstić information content (AvgIpc) is 1.80. The summed E-state index contributed by atoms with van der Waals surface area (Å²) in [7, 11) is 0. The van der Waals surface area contributed by atoms with Gasteiger partial charge in [0.15, 0.2) is 6.40 Å². The third kappa shape index (κ3) is 6.74. The van der Waals surface area contributed by atoms with Crippen molar-refractivity contribution < 1.29 is 14.6 Å². The smallest absolute Gasteiger partial charge is 0.425 e. The SMILES string of the molecule is CCOC=NNC(=O)O. The number of carbonyl (C=O) groups is 1. The van der Waals surface area contributed by atoms with Crippen molar-refractivity contribution in [2.75, 3.05) is 6.61 Å². The molecular weight excluding hydrogens is 124 g/mol. The summed E-state index contributed by atoms with van der Waals surface area (Å²) in [4.78, 5) is 9.68. The van der Waals surface area contributed by atoms with Crippen LogP contribution < -0.4 is 5.43 Å². The van der Waals surface area contributed by atoms with E-state index in [4.69, 9.17) is 5.11 Å². The Morgan fingerprint density at radius 3 is 3.11 bits per heavy atom. The molecule has 0 aromatic rings. The summed E-state index contributed by atoms with van der Waals surface area (Å²) in [5.41, 5.74) is 1.74. The van der Waals surface area contributed by atoms with Gasteiger partial charge in [0, 0.05) is 0 Å². The van der Waals surface area contributed by atoms with Gasteiger partial charge in [-0.15, -0.1) is 5.10 Å². The lowest BCUT2D eigenvalue weighted by molar-refractivity contribution is 0.194. The molecule has 0 aromatic heterocycles. The number of nitrogens with one attached hydrogen (secondary N) is 1. The van der Waals surface area contributed by atoms with Crippen LogP contribution in [0.15, 0.2) is 5.10 Å². The Kier molecular flexibility index (Phi) is 4.20. The van der Waals surface area contributed by atoms with Crippen LogP contribution in [0.2, 0.25) is 0 Å². The maximum Gasteiger partial charge on any atom is 0.425 e. The molecule has 0 atom stereocenters. The fourth-order valence-electron chi connectivity index (χ4n) is 0.193. The van der Waals surface area contributed by atoms with Crippen LogP contribution in [0.3, 0.4) is 0 Å². The lowest BCUT2D eigenvalue weighted by Gasteiger charge is -1.90. The van der Waals surface area contributed by atoms with Gasteiger partial charge in [-0.3, -0.25) is 0 Å². The van der Waals surface area contributed by atoms with E-state index in [1.807, 2.05) is 0 Å². The second kappa shape index (κ2) is 4.89. The Balaban J connectivity index is 3.14. The lowest BCUT2D eigenvalue weighted by atomic mass is 10.9. The van der Waals surface area contributed by atoms with E-state index >= 15 is 0 Å². The Bertz CT molecular complexity index is 112. The fourth-order valence-corrected chi connectivity index (χ4v) is 0.193. The summed E-state index contributed by atoms with van der Waals surface area (Å²) in [6.45, 7) is 2.25. The zero-order chi connectivity index (χ0) is 7.11. The molecule has 0 bridgehead atoms. The van der Waals surface area contributed by atoms with Gasteiger partial charge >= 0.3 is 6.09 Å². The molecule has 0 aliphatic heterocycles. The molecule has 0 aromatic carbocycles. The summed E-state index contributed by atoms with van der Waals surface area (Å²) in [6, 6.07) is 0. The van der Waals surface area contributed by atoms with Gasteiger partial charge < -0.3 is 9.84 Å². The molecule has 0 fully saturated rings. The van der Waals surface area contributed by atoms with E-state index in [2.05, 4.69) is 9.84 Å². The highest BCUT2D eigenvalue weighted by Crippen LogP contribution is 1.64. The van der Waals surface area contributed by atoms with E-state index in [0.29, 0.717) is 6.61 Å². The van der Waals surface area contributed by atoms with Crippen molar-refractivity contribution >= 4 is 12.5 Å². The predicted molar refractivity (Wildman–Crippen MR) is 31.3 cm³/mol. The van der Waals surface area contributed by atoms with Crippen molar-refractivity contribution in [1.29, 1.82) is 0 Å². The Hall–Kier alpha value is -1.26. The molecule has 0 spiro atoms. The monoisotopic (exact) mass is 132 g/mol. The van der Waals surface area contributed by atoms with Crippen LogP contribution in [0.1, 0.15) is 6.92 Å². The molecule has 5 nitrogen and oxygen atoms in total. The molecule has 9 heavy (non-hydrogen) atoms. The molecule has 0 unspecified atom stereocenters. The van der Waals surface area contributed by atoms with Crippen LogP contribution in [0.25, 0.3) is 0 Å². The first-order chi connectivity index (χ1) is 4.27. The highest BCUT2D eigenvalue weighted by atomic mass is 16.5. The minimum absolute atomic E-state index is 0.477. The Morgan fingerprint density at radius 1 is 2.00 bits per heavy atom. The zero-order valence-corrected chi connectivity index (χ0v) is 5.00. The minimum atomic E-state index is -1.20. The van der Waals surface area contributed by atoms with Gasteiger partial charge in [0.25, 0.3) is 0 Å². The molecule has 0 radical (unpaired) electrons. The van der Waals surface area contributed by atoms with E-state index < -0.39 is 6.09 Å². The first kappa shape index (κ1) is 7.74. The average molecular weight is 132 g/mol. The first-order valence-electron chi connectivity index (χ1n) is 2.39. The van der Waals surface area contributed by atoms with Crippen molar-refractivity contribution in [3.63, 3.8) is 0 Å². The van der Waals surface area contributed by atoms with E-state index in [1.54, 1.807) is 12.3 Å². The lowest BCUT2D eigenvalue weighted by Crippen LogP contribution is -2.13. The molecule has 1 amide bonds. The standard InChI is InChI=1S/C4H8N2O3/c1-2-9-3-5-6-4(7)8/h3,6H,2H2,1H3,(H,7,8). The molecule has 0 heterocycles. The number of ether oxygens (including phenoxy) is 1. The third-order valence-corrected chi connectivity index (χ3v) is 0.454. The normalized spacial score (nSPS) is 9.44. The molecular formula is C4H8N2O3. The van der Waals surface area contributed by atoms with Crippen LogP contribution in [0.5, 0.6) is 0 Å². The van der Waals surface area contributed by atoms with E-state index in [0.717, 1.165) is 6.40 Å². The summed E-state index contributed by atoms with van der Waals surface area (Å²) >= 11 is 0. The number of nitrogens with zero attached hydrogens (tertiary/aromatic N) is 1. The molecule has 0 saturated carbocycles. The predicted octanol–water partition coefficient (Wildman–Crippen LogP) is 0.234. The van der Waals surface area contributed by atoms with Gasteiger partial charge in [-0.2, -0.15) is 0 Å². The van der Waals surface area contributed by atoms with Crippen LogP contribution in [-0.4, -0.2) is 24.2 Å². The number of amides is 1. The van der Waals surface area contributed by atoms with E-state index in [9.17, 15) is 4.79 Å². The van der Waals surface area contributed by atoms with Gasteiger partial charge in [-0.1, -0.05) is 0 Å². The topological polar surface area (TPSA) is 70.9 Å². The second-order valence-electron chi connectivity index (χ2n) is 1.11. The molecule has 0 aliphatic rings. The summed E-state index contributed by atoms with van der Waals surface area (Å²) in [5.74, 6) is 0.